The van der Waals surface area contributed by atoms with E-state index in [2.05, 4.69) is 19.2 Å². The third-order valence-corrected chi connectivity index (χ3v) is 2.76. The topological polar surface area (TPSA) is 21.3 Å². The molecule has 2 heterocycles. The van der Waals surface area contributed by atoms with Crippen molar-refractivity contribution in [3.8, 4) is 0 Å². The molecule has 2 aliphatic heterocycles. The SMILES string of the molecule is CC1(C)COC12CNC2. The molecule has 2 fully saturated rings. The first-order valence-corrected chi connectivity index (χ1v) is 3.51. The van der Waals surface area contributed by atoms with Crippen LogP contribution in [0, 0.1) is 5.41 Å². The number of hydrogen-bond acceptors (Lipinski definition) is 2. The summed E-state index contributed by atoms with van der Waals surface area (Å²) >= 11 is 0. The van der Waals surface area contributed by atoms with Crippen molar-refractivity contribution < 1.29 is 4.74 Å². The molecule has 0 aliphatic carbocycles. The molecule has 2 heteroatoms. The second-order valence-electron chi connectivity index (χ2n) is 3.77. The monoisotopic (exact) mass is 127 g/mol. The van der Waals surface area contributed by atoms with E-state index >= 15 is 0 Å². The molecule has 0 aromatic rings. The highest BCUT2D eigenvalue weighted by atomic mass is 16.5. The van der Waals surface area contributed by atoms with Gasteiger partial charge in [-0.3, -0.25) is 0 Å². The molecule has 0 radical (unpaired) electrons. The summed E-state index contributed by atoms with van der Waals surface area (Å²) in [4.78, 5) is 0. The Labute approximate surface area is 55.6 Å². The zero-order valence-corrected chi connectivity index (χ0v) is 6.03. The van der Waals surface area contributed by atoms with Gasteiger partial charge < -0.3 is 10.1 Å². The first kappa shape index (κ1) is 5.69. The zero-order chi connectivity index (χ0) is 6.54. The van der Waals surface area contributed by atoms with E-state index in [0.29, 0.717) is 5.41 Å². The molecule has 2 rings (SSSR count). The van der Waals surface area contributed by atoms with Crippen LogP contribution in [0.2, 0.25) is 0 Å². The summed E-state index contributed by atoms with van der Waals surface area (Å²) in [7, 11) is 0. The molecule has 0 bridgehead atoms. The summed E-state index contributed by atoms with van der Waals surface area (Å²) in [5.41, 5.74) is 0.658. The summed E-state index contributed by atoms with van der Waals surface area (Å²) in [6.07, 6.45) is 0. The predicted octanol–water partition coefficient (Wildman–Crippen LogP) is 0.385. The van der Waals surface area contributed by atoms with Gasteiger partial charge in [0, 0.05) is 18.5 Å². The van der Waals surface area contributed by atoms with Gasteiger partial charge in [0.2, 0.25) is 0 Å². The van der Waals surface area contributed by atoms with E-state index in [1.54, 1.807) is 0 Å². The molecule has 2 saturated heterocycles. The van der Waals surface area contributed by atoms with Gasteiger partial charge in [-0.1, -0.05) is 13.8 Å². The van der Waals surface area contributed by atoms with E-state index < -0.39 is 0 Å². The molecule has 9 heavy (non-hydrogen) atoms. The number of nitrogens with one attached hydrogen (secondary N) is 1. The van der Waals surface area contributed by atoms with E-state index in [1.807, 2.05) is 0 Å². The molecule has 0 aromatic carbocycles. The van der Waals surface area contributed by atoms with E-state index in [1.165, 1.54) is 0 Å². The van der Waals surface area contributed by atoms with Crippen molar-refractivity contribution >= 4 is 0 Å². The second-order valence-corrected chi connectivity index (χ2v) is 3.77. The Kier molecular flexibility index (Phi) is 0.837. The lowest BCUT2D eigenvalue weighted by Gasteiger charge is -2.61. The maximum atomic E-state index is 5.51. The van der Waals surface area contributed by atoms with Crippen molar-refractivity contribution in [2.24, 2.45) is 5.41 Å². The molecular formula is C7H13NO. The standard InChI is InChI=1S/C7H13NO/c1-6(2)5-9-7(6)3-8-4-7/h8H,3-5H2,1-2H3. The smallest absolute Gasteiger partial charge is 0.100 e. The van der Waals surface area contributed by atoms with Gasteiger partial charge in [-0.25, -0.2) is 0 Å². The summed E-state index contributed by atoms with van der Waals surface area (Å²) in [5, 5.41) is 3.23. The molecular weight excluding hydrogens is 114 g/mol. The molecule has 52 valence electrons. The van der Waals surface area contributed by atoms with Gasteiger partial charge in [-0.2, -0.15) is 0 Å². The molecule has 2 aliphatic rings. The van der Waals surface area contributed by atoms with Crippen LogP contribution in [0.1, 0.15) is 13.8 Å². The fraction of sp³-hybridized carbons (Fsp3) is 1.00. The Morgan fingerprint density at radius 2 is 2.00 bits per heavy atom. The molecule has 0 unspecified atom stereocenters. The van der Waals surface area contributed by atoms with Crippen LogP contribution in [0.4, 0.5) is 0 Å². The van der Waals surface area contributed by atoms with Gasteiger partial charge >= 0.3 is 0 Å². The summed E-state index contributed by atoms with van der Waals surface area (Å²) in [6, 6.07) is 0. The minimum atomic E-state index is 0.229. The first-order chi connectivity index (χ1) is 4.16. The lowest BCUT2D eigenvalue weighted by molar-refractivity contribution is -0.272. The van der Waals surface area contributed by atoms with E-state index in [9.17, 15) is 0 Å². The molecule has 0 amide bonds. The second kappa shape index (κ2) is 1.32. The van der Waals surface area contributed by atoms with Crippen LogP contribution in [0.25, 0.3) is 0 Å². The van der Waals surface area contributed by atoms with Gasteiger partial charge in [0.25, 0.3) is 0 Å². The molecule has 1 N–H and O–H groups in total. The highest BCUT2D eigenvalue weighted by Crippen LogP contribution is 2.46. The number of ether oxygens (including phenoxy) is 1. The van der Waals surface area contributed by atoms with Gasteiger partial charge in [0.1, 0.15) is 5.60 Å². The molecule has 1 spiro atoms. The average Bonchev–Trinajstić information content (AvgIpc) is 1.59. The molecule has 0 saturated carbocycles. The van der Waals surface area contributed by atoms with Crippen LogP contribution in [0.3, 0.4) is 0 Å². The quantitative estimate of drug-likeness (QED) is 0.508. The highest BCUT2D eigenvalue weighted by molar-refractivity contribution is 5.10. The van der Waals surface area contributed by atoms with Crippen molar-refractivity contribution in [2.75, 3.05) is 19.7 Å². The lowest BCUT2D eigenvalue weighted by atomic mass is 9.67. The summed E-state index contributed by atoms with van der Waals surface area (Å²) in [5.74, 6) is 0. The Bertz CT molecular complexity index is 132. The van der Waals surface area contributed by atoms with Crippen molar-refractivity contribution in [3.63, 3.8) is 0 Å². The fourth-order valence-corrected chi connectivity index (χ4v) is 1.50. The largest absolute Gasteiger partial charge is 0.371 e. The maximum Gasteiger partial charge on any atom is 0.100 e. The maximum absolute atomic E-state index is 5.51. The Morgan fingerprint density at radius 1 is 1.33 bits per heavy atom. The molecule has 2 nitrogen and oxygen atoms in total. The predicted molar refractivity (Wildman–Crippen MR) is 35.3 cm³/mol. The van der Waals surface area contributed by atoms with Crippen molar-refractivity contribution in [2.45, 2.75) is 19.4 Å². The fourth-order valence-electron chi connectivity index (χ4n) is 1.50. The third kappa shape index (κ3) is 0.485. The van der Waals surface area contributed by atoms with Crippen LogP contribution >= 0.6 is 0 Å². The van der Waals surface area contributed by atoms with Gasteiger partial charge in [0.05, 0.1) is 6.61 Å². The zero-order valence-electron chi connectivity index (χ0n) is 6.03. The lowest BCUT2D eigenvalue weighted by Crippen LogP contribution is -2.76. The minimum absolute atomic E-state index is 0.229. The Balaban J connectivity index is 2.13. The van der Waals surface area contributed by atoms with Gasteiger partial charge in [-0.15, -0.1) is 0 Å². The highest BCUT2D eigenvalue weighted by Gasteiger charge is 2.58. The van der Waals surface area contributed by atoms with Gasteiger partial charge in [-0.05, 0) is 0 Å². The first-order valence-electron chi connectivity index (χ1n) is 3.51. The van der Waals surface area contributed by atoms with Crippen LogP contribution in [0.5, 0.6) is 0 Å². The molecule has 0 atom stereocenters. The number of rotatable bonds is 0. The molecule has 0 aromatic heterocycles. The Morgan fingerprint density at radius 3 is 2.00 bits per heavy atom. The van der Waals surface area contributed by atoms with E-state index in [4.69, 9.17) is 4.74 Å². The minimum Gasteiger partial charge on any atom is -0.371 e. The van der Waals surface area contributed by atoms with Crippen molar-refractivity contribution in [3.05, 3.63) is 0 Å². The van der Waals surface area contributed by atoms with Gasteiger partial charge in [0.15, 0.2) is 0 Å². The van der Waals surface area contributed by atoms with E-state index in [-0.39, 0.29) is 5.60 Å². The van der Waals surface area contributed by atoms with Crippen LogP contribution in [0.15, 0.2) is 0 Å². The average molecular weight is 127 g/mol. The van der Waals surface area contributed by atoms with E-state index in [0.717, 1.165) is 19.7 Å². The van der Waals surface area contributed by atoms with Crippen molar-refractivity contribution in [1.82, 2.24) is 5.32 Å². The summed E-state index contributed by atoms with van der Waals surface area (Å²) in [6.45, 7) is 7.60. The Hall–Kier alpha value is -0.0800. The van der Waals surface area contributed by atoms with Crippen LogP contribution in [-0.2, 0) is 4.74 Å². The third-order valence-electron chi connectivity index (χ3n) is 2.76. The van der Waals surface area contributed by atoms with Crippen LogP contribution in [-0.4, -0.2) is 25.3 Å². The summed E-state index contributed by atoms with van der Waals surface area (Å²) < 4.78 is 5.51. The van der Waals surface area contributed by atoms with Crippen molar-refractivity contribution in [1.29, 1.82) is 0 Å². The normalized spacial score (nSPS) is 35.3. The number of hydrogen-bond donors (Lipinski definition) is 1. The van der Waals surface area contributed by atoms with Crippen LogP contribution < -0.4 is 5.32 Å².